The molecule has 2 aromatic heterocycles. The molecule has 1 aromatic carbocycles. The Morgan fingerprint density at radius 2 is 1.96 bits per heavy atom. The van der Waals surface area contributed by atoms with E-state index in [0.29, 0.717) is 11.8 Å². The van der Waals surface area contributed by atoms with Crippen molar-refractivity contribution in [2.45, 2.75) is 38.4 Å². The summed E-state index contributed by atoms with van der Waals surface area (Å²) in [5.41, 5.74) is 1.97. The number of hydrogen-bond acceptors (Lipinski definition) is 5. The fraction of sp³-hybridized carbons (Fsp3) is 0.389. The van der Waals surface area contributed by atoms with Crippen molar-refractivity contribution in [3.05, 3.63) is 53.9 Å². The van der Waals surface area contributed by atoms with Gasteiger partial charge in [0.25, 0.3) is 0 Å². The summed E-state index contributed by atoms with van der Waals surface area (Å²) in [6.07, 6.45) is 4.30. The van der Waals surface area contributed by atoms with Crippen LogP contribution in [0.4, 0.5) is 0 Å². The number of rotatable bonds is 4. The van der Waals surface area contributed by atoms with Crippen LogP contribution in [-0.4, -0.2) is 31.2 Å². The summed E-state index contributed by atoms with van der Waals surface area (Å²) >= 11 is 0. The van der Waals surface area contributed by atoms with E-state index in [1.54, 1.807) is 6.26 Å². The smallest absolute Gasteiger partial charge is 0.226 e. The molecule has 3 aromatic rings. The van der Waals surface area contributed by atoms with Crippen LogP contribution in [0.3, 0.4) is 0 Å². The average Bonchev–Trinajstić information content (AvgIpc) is 3.21. The summed E-state index contributed by atoms with van der Waals surface area (Å²) in [5.74, 6) is 3.61. The minimum absolute atomic E-state index is 0.654. The molecule has 2 aliphatic rings. The summed E-state index contributed by atoms with van der Waals surface area (Å²) < 4.78 is 7.95. The van der Waals surface area contributed by atoms with Gasteiger partial charge in [0, 0.05) is 31.1 Å². The number of aromatic nitrogens is 4. The molecule has 0 amide bonds. The molecule has 1 aliphatic carbocycles. The molecule has 0 bridgehead atoms. The minimum Gasteiger partial charge on any atom is -0.444 e. The lowest BCUT2D eigenvalue weighted by Gasteiger charge is -2.26. The fourth-order valence-electron chi connectivity index (χ4n) is 3.33. The molecule has 0 N–H and O–H groups in total. The van der Waals surface area contributed by atoms with Crippen LogP contribution in [0.2, 0.25) is 0 Å². The minimum atomic E-state index is 0.654. The van der Waals surface area contributed by atoms with Gasteiger partial charge in [-0.3, -0.25) is 4.90 Å². The van der Waals surface area contributed by atoms with Gasteiger partial charge in [0.1, 0.15) is 17.9 Å². The molecular formula is C18H19N5O. The van der Waals surface area contributed by atoms with E-state index in [1.165, 1.54) is 18.7 Å². The Hall–Kier alpha value is -2.47. The largest absolute Gasteiger partial charge is 0.444 e. The van der Waals surface area contributed by atoms with Gasteiger partial charge in [-0.25, -0.2) is 4.98 Å². The molecule has 5 rings (SSSR count). The van der Waals surface area contributed by atoms with Gasteiger partial charge in [-0.2, -0.15) is 0 Å². The summed E-state index contributed by atoms with van der Waals surface area (Å²) in [4.78, 5) is 6.98. The summed E-state index contributed by atoms with van der Waals surface area (Å²) in [5, 5.41) is 8.79. The first-order valence-electron chi connectivity index (χ1n) is 8.51. The van der Waals surface area contributed by atoms with Crippen molar-refractivity contribution in [2.24, 2.45) is 0 Å². The first-order chi connectivity index (χ1) is 11.9. The molecule has 1 aliphatic heterocycles. The van der Waals surface area contributed by atoms with Gasteiger partial charge in [0.15, 0.2) is 0 Å². The predicted octanol–water partition coefficient (Wildman–Crippen LogP) is 2.83. The molecule has 0 radical (unpaired) electrons. The summed E-state index contributed by atoms with van der Waals surface area (Å²) in [7, 11) is 0. The van der Waals surface area contributed by atoms with E-state index in [-0.39, 0.29) is 0 Å². The highest BCUT2D eigenvalue weighted by Gasteiger charge is 2.32. The zero-order valence-corrected chi connectivity index (χ0v) is 13.4. The molecule has 0 spiro atoms. The maximum absolute atomic E-state index is 5.63. The van der Waals surface area contributed by atoms with Crippen LogP contribution in [0.5, 0.6) is 0 Å². The normalized spacial score (nSPS) is 17.8. The molecule has 1 fully saturated rings. The number of oxazole rings is 1. The topological polar surface area (TPSA) is 60.0 Å². The summed E-state index contributed by atoms with van der Waals surface area (Å²) in [6.45, 7) is 3.57. The van der Waals surface area contributed by atoms with E-state index < -0.39 is 0 Å². The molecular weight excluding hydrogens is 302 g/mol. The van der Waals surface area contributed by atoms with E-state index in [0.717, 1.165) is 43.3 Å². The lowest BCUT2D eigenvalue weighted by molar-refractivity contribution is 0.205. The fourth-order valence-corrected chi connectivity index (χ4v) is 3.33. The third-order valence-electron chi connectivity index (χ3n) is 4.76. The summed E-state index contributed by atoms with van der Waals surface area (Å²) in [6, 6.07) is 10.0. The Labute approximate surface area is 140 Å². The molecule has 24 heavy (non-hydrogen) atoms. The van der Waals surface area contributed by atoms with E-state index in [4.69, 9.17) is 4.42 Å². The lowest BCUT2D eigenvalue weighted by Crippen LogP contribution is -2.34. The van der Waals surface area contributed by atoms with Gasteiger partial charge in [-0.1, -0.05) is 18.2 Å². The van der Waals surface area contributed by atoms with Crippen molar-refractivity contribution in [2.75, 3.05) is 6.54 Å². The van der Waals surface area contributed by atoms with Gasteiger partial charge in [-0.15, -0.1) is 10.2 Å². The first kappa shape index (κ1) is 13.9. The Kier molecular flexibility index (Phi) is 3.23. The Bertz CT molecular complexity index is 849. The monoisotopic (exact) mass is 321 g/mol. The van der Waals surface area contributed by atoms with Gasteiger partial charge >= 0.3 is 0 Å². The van der Waals surface area contributed by atoms with Crippen molar-refractivity contribution in [1.82, 2.24) is 24.6 Å². The van der Waals surface area contributed by atoms with Crippen LogP contribution in [0.1, 0.15) is 36.1 Å². The third-order valence-corrected chi connectivity index (χ3v) is 4.76. The van der Waals surface area contributed by atoms with E-state index >= 15 is 0 Å². The van der Waals surface area contributed by atoms with E-state index in [1.807, 2.05) is 30.3 Å². The SMILES string of the molecule is c1ccc(-c2nc(CN3CCn4c(nnc4C4CC4)C3)co2)cc1. The lowest BCUT2D eigenvalue weighted by atomic mass is 10.2. The Morgan fingerprint density at radius 1 is 1.08 bits per heavy atom. The second-order valence-corrected chi connectivity index (χ2v) is 6.62. The zero-order valence-electron chi connectivity index (χ0n) is 13.4. The number of nitrogens with zero attached hydrogens (tertiary/aromatic N) is 5. The second-order valence-electron chi connectivity index (χ2n) is 6.62. The zero-order chi connectivity index (χ0) is 15.9. The molecule has 122 valence electrons. The van der Waals surface area contributed by atoms with Crippen LogP contribution < -0.4 is 0 Å². The van der Waals surface area contributed by atoms with Crippen molar-refractivity contribution in [1.29, 1.82) is 0 Å². The van der Waals surface area contributed by atoms with Crippen molar-refractivity contribution in [3.8, 4) is 11.5 Å². The standard InChI is InChI=1S/C18H19N5O/c1-2-4-14(5-3-1)18-19-15(12-24-18)10-22-8-9-23-16(11-22)20-21-17(23)13-6-7-13/h1-5,12-13H,6-11H2. The first-order valence-corrected chi connectivity index (χ1v) is 8.51. The molecule has 0 saturated heterocycles. The number of benzene rings is 1. The second kappa shape index (κ2) is 5.56. The molecule has 6 nitrogen and oxygen atoms in total. The van der Waals surface area contributed by atoms with Crippen molar-refractivity contribution >= 4 is 0 Å². The Morgan fingerprint density at radius 3 is 2.79 bits per heavy atom. The highest BCUT2D eigenvalue weighted by atomic mass is 16.3. The van der Waals surface area contributed by atoms with Crippen LogP contribution in [-0.2, 0) is 19.6 Å². The maximum atomic E-state index is 5.63. The number of fused-ring (bicyclic) bond motifs is 1. The average molecular weight is 321 g/mol. The van der Waals surface area contributed by atoms with Gasteiger partial charge < -0.3 is 8.98 Å². The van der Waals surface area contributed by atoms with Crippen LogP contribution >= 0.6 is 0 Å². The van der Waals surface area contributed by atoms with Crippen LogP contribution in [0, 0.1) is 0 Å². The van der Waals surface area contributed by atoms with E-state index in [9.17, 15) is 0 Å². The van der Waals surface area contributed by atoms with Gasteiger partial charge in [0.2, 0.25) is 5.89 Å². The Balaban J connectivity index is 1.30. The van der Waals surface area contributed by atoms with Crippen LogP contribution in [0.15, 0.2) is 41.0 Å². The molecule has 0 atom stereocenters. The molecule has 1 saturated carbocycles. The van der Waals surface area contributed by atoms with Crippen LogP contribution in [0.25, 0.3) is 11.5 Å². The highest BCUT2D eigenvalue weighted by Crippen LogP contribution is 2.39. The van der Waals surface area contributed by atoms with Gasteiger partial charge in [0.05, 0.1) is 12.2 Å². The van der Waals surface area contributed by atoms with Crippen molar-refractivity contribution in [3.63, 3.8) is 0 Å². The molecule has 3 heterocycles. The maximum Gasteiger partial charge on any atom is 0.226 e. The van der Waals surface area contributed by atoms with Crippen molar-refractivity contribution < 1.29 is 4.42 Å². The third kappa shape index (κ3) is 2.53. The molecule has 6 heteroatoms. The quantitative estimate of drug-likeness (QED) is 0.739. The number of hydrogen-bond donors (Lipinski definition) is 0. The predicted molar refractivity (Wildman–Crippen MR) is 88.1 cm³/mol. The molecule has 0 unspecified atom stereocenters. The van der Waals surface area contributed by atoms with E-state index in [2.05, 4.69) is 24.6 Å². The highest BCUT2D eigenvalue weighted by molar-refractivity contribution is 5.52. The van der Waals surface area contributed by atoms with Gasteiger partial charge in [-0.05, 0) is 25.0 Å².